The van der Waals surface area contributed by atoms with Crippen molar-refractivity contribution in [3.63, 3.8) is 0 Å². The van der Waals surface area contributed by atoms with Crippen LogP contribution in [0.4, 0.5) is 20.2 Å². The van der Waals surface area contributed by atoms with Crippen LogP contribution < -0.4 is 14.8 Å². The number of carbonyl (C=O) groups is 1. The van der Waals surface area contributed by atoms with Crippen LogP contribution in [-0.4, -0.2) is 31.4 Å². The summed E-state index contributed by atoms with van der Waals surface area (Å²) in [6, 6.07) is 15.1. The minimum absolute atomic E-state index is 0.00372. The summed E-state index contributed by atoms with van der Waals surface area (Å²) in [7, 11) is -3.22. The molecule has 0 aliphatic carbocycles. The molecule has 4 rings (SSSR count). The number of halogens is 2. The number of para-hydroxylation sites is 1. The predicted molar refractivity (Wildman–Crippen MR) is 123 cm³/mol. The van der Waals surface area contributed by atoms with Crippen LogP contribution in [0.2, 0.25) is 0 Å². The molecule has 1 amide bonds. The SMILES string of the molecule is COc1ncc(NC(=O)c2cnc(-c3ccccc3)o2)cc1S(=O)(=O)Nc1ccccc1C(F)F. The lowest BCUT2D eigenvalue weighted by atomic mass is 10.2. The molecule has 12 heteroatoms. The molecule has 0 bridgehead atoms. The zero-order chi connectivity index (χ0) is 25.0. The van der Waals surface area contributed by atoms with E-state index in [4.69, 9.17) is 9.15 Å². The quantitative estimate of drug-likeness (QED) is 0.358. The molecule has 2 N–H and O–H groups in total. The summed E-state index contributed by atoms with van der Waals surface area (Å²) in [5.74, 6) is -0.885. The molecule has 0 spiro atoms. The third kappa shape index (κ3) is 5.27. The summed E-state index contributed by atoms with van der Waals surface area (Å²) < 4.78 is 65.2. The van der Waals surface area contributed by atoms with Crippen LogP contribution in [0.3, 0.4) is 0 Å². The Labute approximate surface area is 198 Å². The van der Waals surface area contributed by atoms with Crippen LogP contribution in [0.1, 0.15) is 22.5 Å². The Bertz CT molecular complexity index is 1460. The number of alkyl halides is 2. The number of nitrogens with zero attached hydrogens (tertiary/aromatic N) is 2. The number of amides is 1. The first-order valence-corrected chi connectivity index (χ1v) is 11.5. The monoisotopic (exact) mass is 500 g/mol. The van der Waals surface area contributed by atoms with Crippen LogP contribution >= 0.6 is 0 Å². The van der Waals surface area contributed by atoms with E-state index in [0.29, 0.717) is 5.56 Å². The van der Waals surface area contributed by atoms with Gasteiger partial charge < -0.3 is 14.5 Å². The number of ether oxygens (including phenoxy) is 1. The fourth-order valence-corrected chi connectivity index (χ4v) is 4.35. The molecular formula is C23H18F2N4O5S. The third-order valence-corrected chi connectivity index (χ3v) is 6.11. The lowest BCUT2D eigenvalue weighted by Gasteiger charge is -2.14. The number of hydrogen-bond donors (Lipinski definition) is 2. The Hall–Kier alpha value is -4.32. The fourth-order valence-electron chi connectivity index (χ4n) is 3.11. The first kappa shape index (κ1) is 23.8. The highest BCUT2D eigenvalue weighted by atomic mass is 32.2. The van der Waals surface area contributed by atoms with E-state index in [-0.39, 0.29) is 28.9 Å². The molecule has 9 nitrogen and oxygen atoms in total. The molecule has 0 aliphatic rings. The van der Waals surface area contributed by atoms with Crippen molar-refractivity contribution in [2.75, 3.05) is 17.1 Å². The van der Waals surface area contributed by atoms with Crippen molar-refractivity contribution in [1.29, 1.82) is 0 Å². The highest BCUT2D eigenvalue weighted by Crippen LogP contribution is 2.31. The molecule has 0 atom stereocenters. The van der Waals surface area contributed by atoms with E-state index in [9.17, 15) is 22.0 Å². The van der Waals surface area contributed by atoms with Crippen molar-refractivity contribution in [2.45, 2.75) is 11.3 Å². The maximum absolute atomic E-state index is 13.3. The molecule has 0 aliphatic heterocycles. The van der Waals surface area contributed by atoms with Crippen molar-refractivity contribution >= 4 is 27.3 Å². The minimum Gasteiger partial charge on any atom is -0.480 e. The van der Waals surface area contributed by atoms with Gasteiger partial charge in [-0.3, -0.25) is 9.52 Å². The predicted octanol–water partition coefficient (Wildman–Crippen LogP) is 4.74. The Balaban J connectivity index is 1.59. The Morgan fingerprint density at radius 1 is 1.03 bits per heavy atom. The Kier molecular flexibility index (Phi) is 6.73. The van der Waals surface area contributed by atoms with Gasteiger partial charge in [-0.05, 0) is 24.3 Å². The highest BCUT2D eigenvalue weighted by Gasteiger charge is 2.25. The van der Waals surface area contributed by atoms with E-state index in [1.54, 1.807) is 24.3 Å². The summed E-state index contributed by atoms with van der Waals surface area (Å²) in [5.41, 5.74) is -0.127. The van der Waals surface area contributed by atoms with Gasteiger partial charge in [0.2, 0.25) is 17.5 Å². The fraction of sp³-hybridized carbons (Fsp3) is 0.0870. The summed E-state index contributed by atoms with van der Waals surface area (Å²) in [4.78, 5) is 20.1. The third-order valence-electron chi connectivity index (χ3n) is 4.75. The van der Waals surface area contributed by atoms with Gasteiger partial charge in [-0.1, -0.05) is 36.4 Å². The number of rotatable bonds is 8. The number of oxazole rings is 1. The van der Waals surface area contributed by atoms with E-state index in [2.05, 4.69) is 20.0 Å². The molecule has 4 aromatic rings. The van der Waals surface area contributed by atoms with E-state index in [1.165, 1.54) is 37.7 Å². The maximum Gasteiger partial charge on any atom is 0.293 e. The second-order valence-corrected chi connectivity index (χ2v) is 8.73. The number of aromatic nitrogens is 2. The molecule has 0 saturated carbocycles. The molecule has 2 aromatic heterocycles. The van der Waals surface area contributed by atoms with E-state index < -0.39 is 32.8 Å². The second kappa shape index (κ2) is 9.89. The highest BCUT2D eigenvalue weighted by molar-refractivity contribution is 7.92. The van der Waals surface area contributed by atoms with Crippen molar-refractivity contribution < 1.29 is 31.1 Å². The Morgan fingerprint density at radius 3 is 2.46 bits per heavy atom. The average molecular weight is 500 g/mol. The number of pyridine rings is 1. The Morgan fingerprint density at radius 2 is 1.74 bits per heavy atom. The van der Waals surface area contributed by atoms with Gasteiger partial charge in [0.15, 0.2) is 4.90 Å². The summed E-state index contributed by atoms with van der Waals surface area (Å²) >= 11 is 0. The van der Waals surface area contributed by atoms with Crippen molar-refractivity contribution in [3.8, 4) is 17.3 Å². The zero-order valence-corrected chi connectivity index (χ0v) is 18.9. The molecule has 0 saturated heterocycles. The van der Waals surface area contributed by atoms with Crippen LogP contribution in [0.15, 0.2) is 82.4 Å². The lowest BCUT2D eigenvalue weighted by molar-refractivity contribution is 0.0997. The number of methoxy groups -OCH3 is 1. The van der Waals surface area contributed by atoms with Gasteiger partial charge in [-0.25, -0.2) is 27.2 Å². The van der Waals surface area contributed by atoms with Crippen LogP contribution in [0.5, 0.6) is 5.88 Å². The first-order valence-electron chi connectivity index (χ1n) is 10.0. The summed E-state index contributed by atoms with van der Waals surface area (Å²) in [6.07, 6.45) is -0.492. The van der Waals surface area contributed by atoms with Crippen molar-refractivity contribution in [3.05, 3.63) is 84.4 Å². The standard InChI is InChI=1S/C23H18F2N4O5S/c1-33-23-19(35(31,32)29-17-10-6-5-9-16(17)20(24)25)11-15(12-26-23)28-21(30)18-13-27-22(34-18)14-7-3-2-4-8-14/h2-13,20,29H,1H3,(H,28,30). The molecule has 2 heterocycles. The van der Waals surface area contributed by atoms with Gasteiger partial charge in [0.25, 0.3) is 22.4 Å². The normalized spacial score (nSPS) is 11.3. The number of benzene rings is 2. The number of hydrogen-bond acceptors (Lipinski definition) is 7. The number of carbonyl (C=O) groups excluding carboxylic acids is 1. The molecule has 2 aromatic carbocycles. The number of nitrogens with one attached hydrogen (secondary N) is 2. The smallest absolute Gasteiger partial charge is 0.293 e. The van der Waals surface area contributed by atoms with E-state index in [1.807, 2.05) is 6.07 Å². The van der Waals surface area contributed by atoms with Gasteiger partial charge in [0.1, 0.15) is 0 Å². The van der Waals surface area contributed by atoms with Crippen LogP contribution in [0.25, 0.3) is 11.5 Å². The number of anilines is 2. The summed E-state index contributed by atoms with van der Waals surface area (Å²) in [6.45, 7) is 0. The molecule has 35 heavy (non-hydrogen) atoms. The molecule has 0 unspecified atom stereocenters. The lowest BCUT2D eigenvalue weighted by Crippen LogP contribution is -2.17. The molecule has 180 valence electrons. The van der Waals surface area contributed by atoms with E-state index in [0.717, 1.165) is 12.1 Å². The molecule has 0 fully saturated rings. The minimum atomic E-state index is -4.42. The van der Waals surface area contributed by atoms with Gasteiger partial charge in [-0.15, -0.1) is 0 Å². The molecule has 0 radical (unpaired) electrons. The summed E-state index contributed by atoms with van der Waals surface area (Å²) in [5, 5.41) is 2.48. The van der Waals surface area contributed by atoms with Crippen LogP contribution in [0, 0.1) is 0 Å². The van der Waals surface area contributed by atoms with Crippen molar-refractivity contribution in [1.82, 2.24) is 9.97 Å². The van der Waals surface area contributed by atoms with Gasteiger partial charge in [-0.2, -0.15) is 0 Å². The largest absolute Gasteiger partial charge is 0.480 e. The first-order chi connectivity index (χ1) is 16.8. The topological polar surface area (TPSA) is 123 Å². The number of sulfonamides is 1. The maximum atomic E-state index is 13.3. The average Bonchev–Trinajstić information content (AvgIpc) is 3.35. The van der Waals surface area contributed by atoms with E-state index >= 15 is 0 Å². The van der Waals surface area contributed by atoms with Gasteiger partial charge in [0, 0.05) is 11.1 Å². The second-order valence-electron chi connectivity index (χ2n) is 7.07. The van der Waals surface area contributed by atoms with Gasteiger partial charge >= 0.3 is 0 Å². The molecular weight excluding hydrogens is 482 g/mol. The van der Waals surface area contributed by atoms with Crippen LogP contribution in [-0.2, 0) is 10.0 Å². The van der Waals surface area contributed by atoms with Gasteiger partial charge in [0.05, 0.1) is 30.9 Å². The van der Waals surface area contributed by atoms with Crippen molar-refractivity contribution in [2.24, 2.45) is 0 Å². The zero-order valence-electron chi connectivity index (χ0n) is 18.1.